The second-order valence-corrected chi connectivity index (χ2v) is 10.7. The van der Waals surface area contributed by atoms with Crippen LogP contribution in [-0.2, 0) is 28.3 Å². The van der Waals surface area contributed by atoms with E-state index in [0.29, 0.717) is 36.0 Å². The number of rotatable bonds is 9. The van der Waals surface area contributed by atoms with Gasteiger partial charge in [-0.2, -0.15) is 4.31 Å². The molecule has 35 heavy (non-hydrogen) atoms. The monoisotopic (exact) mass is 496 g/mol. The molecule has 0 saturated carbocycles. The number of nitrogens with one attached hydrogen (secondary N) is 1. The molecule has 186 valence electrons. The maximum Gasteiger partial charge on any atom is 0.243 e. The molecule has 1 N–H and O–H groups in total. The Bertz CT molecular complexity index is 1250. The quantitative estimate of drug-likeness (QED) is 0.490. The molecule has 1 unspecified atom stereocenters. The van der Waals surface area contributed by atoms with Crippen molar-refractivity contribution in [1.82, 2.24) is 19.2 Å². The summed E-state index contributed by atoms with van der Waals surface area (Å²) in [5, 5.41) is 3.10. The fourth-order valence-electron chi connectivity index (χ4n) is 4.42. The Morgan fingerprint density at radius 1 is 1.09 bits per heavy atom. The summed E-state index contributed by atoms with van der Waals surface area (Å²) in [5.74, 6) is 1.25. The highest BCUT2D eigenvalue weighted by atomic mass is 32.2. The third kappa shape index (κ3) is 5.74. The molecule has 1 atom stereocenters. The third-order valence-electron chi connectivity index (χ3n) is 6.39. The summed E-state index contributed by atoms with van der Waals surface area (Å²) in [6.45, 7) is 1.15. The Balaban J connectivity index is 1.43. The van der Waals surface area contributed by atoms with Gasteiger partial charge in [0.1, 0.15) is 17.6 Å². The van der Waals surface area contributed by atoms with E-state index < -0.39 is 16.1 Å². The first-order valence-electron chi connectivity index (χ1n) is 11.9. The first kappa shape index (κ1) is 24.9. The van der Waals surface area contributed by atoms with Crippen LogP contribution < -0.4 is 10.1 Å². The number of benzene rings is 2. The van der Waals surface area contributed by atoms with Gasteiger partial charge in [-0.05, 0) is 43.0 Å². The van der Waals surface area contributed by atoms with Gasteiger partial charge in [0.15, 0.2) is 0 Å². The average molecular weight is 497 g/mol. The molecule has 1 amide bonds. The SMILES string of the molecule is COc1ccccc1C(NC(=O)CCc1ccc(S(=O)(=O)N2CCCCC2)cc1)c1nccn1C. The predicted octanol–water partition coefficient (Wildman–Crippen LogP) is 3.44. The Kier molecular flexibility index (Phi) is 7.87. The van der Waals surface area contributed by atoms with Gasteiger partial charge in [0.25, 0.3) is 0 Å². The zero-order chi connectivity index (χ0) is 24.8. The second kappa shape index (κ2) is 11.0. The van der Waals surface area contributed by atoms with Crippen LogP contribution in [0.15, 0.2) is 65.8 Å². The van der Waals surface area contributed by atoms with E-state index in [1.165, 1.54) is 0 Å². The molecule has 1 aliphatic rings. The molecule has 9 heteroatoms. The Labute approximate surface area is 207 Å². The zero-order valence-electron chi connectivity index (χ0n) is 20.2. The number of sulfonamides is 1. The van der Waals surface area contributed by atoms with Gasteiger partial charge in [0, 0.05) is 44.5 Å². The number of methoxy groups -OCH3 is 1. The Morgan fingerprint density at radius 2 is 1.80 bits per heavy atom. The predicted molar refractivity (Wildman–Crippen MR) is 134 cm³/mol. The zero-order valence-corrected chi connectivity index (χ0v) is 21.0. The summed E-state index contributed by atoms with van der Waals surface area (Å²) in [4.78, 5) is 17.7. The minimum atomic E-state index is -3.46. The minimum Gasteiger partial charge on any atom is -0.496 e. The average Bonchev–Trinajstić information content (AvgIpc) is 3.32. The fraction of sp³-hybridized carbons (Fsp3) is 0.385. The number of hydrogen-bond donors (Lipinski definition) is 1. The molecule has 8 nitrogen and oxygen atoms in total. The lowest BCUT2D eigenvalue weighted by atomic mass is 10.0. The fourth-order valence-corrected chi connectivity index (χ4v) is 5.93. The van der Waals surface area contributed by atoms with Crippen LogP contribution in [0.25, 0.3) is 0 Å². The van der Waals surface area contributed by atoms with Crippen LogP contribution in [0.1, 0.15) is 48.7 Å². The number of ether oxygens (including phenoxy) is 1. The Morgan fingerprint density at radius 3 is 2.46 bits per heavy atom. The number of hydrogen-bond acceptors (Lipinski definition) is 5. The van der Waals surface area contributed by atoms with Gasteiger partial charge < -0.3 is 14.6 Å². The molecular weight excluding hydrogens is 464 g/mol. The van der Waals surface area contributed by atoms with Crippen molar-refractivity contribution in [2.24, 2.45) is 7.05 Å². The van der Waals surface area contributed by atoms with E-state index in [1.54, 1.807) is 41.9 Å². The number of nitrogens with zero attached hydrogens (tertiary/aromatic N) is 3. The van der Waals surface area contributed by atoms with Gasteiger partial charge in [-0.15, -0.1) is 0 Å². The summed E-state index contributed by atoms with van der Waals surface area (Å²) in [6.07, 6.45) is 7.17. The lowest BCUT2D eigenvalue weighted by Crippen LogP contribution is -2.35. The molecule has 0 bridgehead atoms. The molecule has 0 spiro atoms. The van der Waals surface area contributed by atoms with E-state index in [4.69, 9.17) is 4.74 Å². The van der Waals surface area contributed by atoms with Crippen molar-refractivity contribution < 1.29 is 17.9 Å². The van der Waals surface area contributed by atoms with E-state index in [9.17, 15) is 13.2 Å². The van der Waals surface area contributed by atoms with Crippen molar-refractivity contribution in [3.63, 3.8) is 0 Å². The van der Waals surface area contributed by atoms with Gasteiger partial charge in [0.2, 0.25) is 15.9 Å². The number of carbonyl (C=O) groups is 1. The van der Waals surface area contributed by atoms with Gasteiger partial charge in [-0.3, -0.25) is 4.79 Å². The van der Waals surface area contributed by atoms with Gasteiger partial charge in [-0.1, -0.05) is 36.8 Å². The van der Waals surface area contributed by atoms with E-state index in [-0.39, 0.29) is 12.3 Å². The van der Waals surface area contributed by atoms with Gasteiger partial charge in [-0.25, -0.2) is 13.4 Å². The highest BCUT2D eigenvalue weighted by molar-refractivity contribution is 7.89. The molecule has 3 aromatic rings. The van der Waals surface area contributed by atoms with Crippen LogP contribution in [0.4, 0.5) is 0 Å². The van der Waals surface area contributed by atoms with Crippen molar-refractivity contribution in [3.8, 4) is 5.75 Å². The van der Waals surface area contributed by atoms with Crippen LogP contribution in [0.3, 0.4) is 0 Å². The van der Waals surface area contributed by atoms with E-state index in [2.05, 4.69) is 10.3 Å². The molecule has 2 aromatic carbocycles. The molecule has 1 aromatic heterocycles. The van der Waals surface area contributed by atoms with Crippen molar-refractivity contribution in [1.29, 1.82) is 0 Å². The maximum atomic E-state index is 12.9. The smallest absolute Gasteiger partial charge is 0.243 e. The number of carbonyl (C=O) groups excluding carboxylic acids is 1. The standard InChI is InChI=1S/C26H32N4O4S/c1-29-19-16-27-26(29)25(22-8-4-5-9-23(22)34-2)28-24(31)15-12-20-10-13-21(14-11-20)35(32,33)30-17-6-3-7-18-30/h4-5,8-11,13-14,16,19,25H,3,6-7,12,15,17-18H2,1-2H3,(H,28,31). The van der Waals surface area contributed by atoms with E-state index in [1.807, 2.05) is 42.1 Å². The summed E-state index contributed by atoms with van der Waals surface area (Å²) >= 11 is 0. The third-order valence-corrected chi connectivity index (χ3v) is 8.30. The number of amides is 1. The summed E-state index contributed by atoms with van der Waals surface area (Å²) in [6, 6.07) is 14.0. The van der Waals surface area contributed by atoms with Crippen LogP contribution in [0, 0.1) is 0 Å². The molecule has 1 saturated heterocycles. The first-order chi connectivity index (χ1) is 16.9. The van der Waals surface area contributed by atoms with Crippen LogP contribution in [-0.4, -0.2) is 48.4 Å². The molecule has 4 rings (SSSR count). The molecule has 0 radical (unpaired) electrons. The number of imidazole rings is 1. The lowest BCUT2D eigenvalue weighted by Gasteiger charge is -2.25. The highest BCUT2D eigenvalue weighted by Crippen LogP contribution is 2.29. The molecule has 1 aliphatic heterocycles. The van der Waals surface area contributed by atoms with Gasteiger partial charge >= 0.3 is 0 Å². The number of aryl methyl sites for hydroxylation is 2. The summed E-state index contributed by atoms with van der Waals surface area (Å²) in [7, 11) is 0.0283. The topological polar surface area (TPSA) is 93.5 Å². The molecule has 0 aliphatic carbocycles. The summed E-state index contributed by atoms with van der Waals surface area (Å²) < 4.78 is 34.7. The normalized spacial score (nSPS) is 15.5. The molecular formula is C26H32N4O4S. The van der Waals surface area contributed by atoms with Crippen LogP contribution in [0.5, 0.6) is 5.75 Å². The highest BCUT2D eigenvalue weighted by Gasteiger charge is 2.26. The van der Waals surface area contributed by atoms with Crippen molar-refractivity contribution in [2.45, 2.75) is 43.0 Å². The van der Waals surface area contributed by atoms with Crippen LogP contribution >= 0.6 is 0 Å². The Hall–Kier alpha value is -3.17. The number of piperidine rings is 1. The number of para-hydroxylation sites is 1. The first-order valence-corrected chi connectivity index (χ1v) is 13.3. The van der Waals surface area contributed by atoms with Crippen LogP contribution in [0.2, 0.25) is 0 Å². The lowest BCUT2D eigenvalue weighted by molar-refractivity contribution is -0.121. The van der Waals surface area contributed by atoms with Crippen molar-refractivity contribution in [3.05, 3.63) is 77.9 Å². The van der Waals surface area contributed by atoms with Crippen molar-refractivity contribution in [2.75, 3.05) is 20.2 Å². The summed E-state index contributed by atoms with van der Waals surface area (Å²) in [5.41, 5.74) is 1.73. The maximum absolute atomic E-state index is 12.9. The number of aromatic nitrogens is 2. The van der Waals surface area contributed by atoms with E-state index >= 15 is 0 Å². The molecule has 2 heterocycles. The van der Waals surface area contributed by atoms with E-state index in [0.717, 1.165) is 30.4 Å². The van der Waals surface area contributed by atoms with Gasteiger partial charge in [0.05, 0.1) is 12.0 Å². The molecule has 1 fully saturated rings. The minimum absolute atomic E-state index is 0.131. The second-order valence-electron chi connectivity index (χ2n) is 8.75. The van der Waals surface area contributed by atoms with Crippen molar-refractivity contribution >= 4 is 15.9 Å². The largest absolute Gasteiger partial charge is 0.496 e.